The third-order valence-electron chi connectivity index (χ3n) is 2.59. The Hall–Kier alpha value is -0.870. The summed E-state index contributed by atoms with van der Waals surface area (Å²) >= 11 is 6.84. The van der Waals surface area contributed by atoms with Crippen LogP contribution in [0.3, 0.4) is 0 Å². The first-order chi connectivity index (χ1) is 8.70. The average Bonchev–Trinajstić information content (AvgIpc) is 2.39. The van der Waals surface area contributed by atoms with Gasteiger partial charge in [0.15, 0.2) is 0 Å². The monoisotopic (exact) mass is 369 g/mol. The number of hydrogen-bond donors (Lipinski definition) is 0. The van der Waals surface area contributed by atoms with Crippen molar-refractivity contribution in [1.82, 2.24) is 4.98 Å². The van der Waals surface area contributed by atoms with Crippen molar-refractivity contribution < 1.29 is 4.74 Å². The summed E-state index contributed by atoms with van der Waals surface area (Å²) < 4.78 is 6.85. The number of ether oxygens (including phenoxy) is 1. The molecule has 2 rings (SSSR count). The Kier molecular flexibility index (Phi) is 4.78. The van der Waals surface area contributed by atoms with Crippen LogP contribution in [-0.2, 0) is 11.9 Å². The second kappa shape index (κ2) is 6.34. The Bertz CT molecular complexity index is 526. The number of alkyl halides is 1. The van der Waals surface area contributed by atoms with Crippen LogP contribution in [0, 0.1) is 6.92 Å². The normalized spacial score (nSPS) is 10.4. The van der Waals surface area contributed by atoms with E-state index >= 15 is 0 Å². The molecular formula is C14H13Br2NO. The van der Waals surface area contributed by atoms with Gasteiger partial charge in [0.2, 0.25) is 0 Å². The highest BCUT2D eigenvalue weighted by atomic mass is 79.9. The third-order valence-corrected chi connectivity index (χ3v) is 3.66. The standard InChI is InChI=1S/C14H13Br2NO/c1-10-3-2-4-11(7-15)14(10)18-9-13-6-5-12(16)8-17-13/h2-6,8H,7,9H2,1H3. The Morgan fingerprint density at radius 2 is 2.06 bits per heavy atom. The van der Waals surface area contributed by atoms with Crippen LogP contribution >= 0.6 is 31.9 Å². The zero-order chi connectivity index (χ0) is 13.0. The summed E-state index contributed by atoms with van der Waals surface area (Å²) in [6.07, 6.45) is 1.78. The Labute approximate surface area is 124 Å². The molecule has 0 atom stereocenters. The van der Waals surface area contributed by atoms with Crippen LogP contribution < -0.4 is 4.74 Å². The molecule has 18 heavy (non-hydrogen) atoms. The molecule has 1 heterocycles. The van der Waals surface area contributed by atoms with E-state index in [9.17, 15) is 0 Å². The summed E-state index contributed by atoms with van der Waals surface area (Å²) in [5.74, 6) is 0.944. The maximum absolute atomic E-state index is 5.88. The Balaban J connectivity index is 2.12. The largest absolute Gasteiger partial charge is 0.487 e. The highest BCUT2D eigenvalue weighted by molar-refractivity contribution is 9.10. The number of pyridine rings is 1. The number of para-hydroxylation sites is 1. The Morgan fingerprint density at radius 1 is 1.22 bits per heavy atom. The summed E-state index contributed by atoms with van der Waals surface area (Å²) in [4.78, 5) is 4.29. The van der Waals surface area contributed by atoms with E-state index in [0.29, 0.717) is 6.61 Å². The third kappa shape index (κ3) is 3.33. The molecule has 0 unspecified atom stereocenters. The first-order valence-corrected chi connectivity index (χ1v) is 7.50. The molecule has 0 saturated heterocycles. The zero-order valence-corrected chi connectivity index (χ0v) is 13.2. The van der Waals surface area contributed by atoms with Gasteiger partial charge in [0.05, 0.1) is 5.69 Å². The molecule has 1 aromatic carbocycles. The average molecular weight is 371 g/mol. The number of benzene rings is 1. The fourth-order valence-corrected chi connectivity index (χ4v) is 2.34. The van der Waals surface area contributed by atoms with Crippen molar-refractivity contribution in [1.29, 1.82) is 0 Å². The van der Waals surface area contributed by atoms with Gasteiger partial charge in [-0.25, -0.2) is 0 Å². The fourth-order valence-electron chi connectivity index (χ4n) is 1.66. The molecule has 94 valence electrons. The van der Waals surface area contributed by atoms with Crippen molar-refractivity contribution in [3.8, 4) is 5.75 Å². The van der Waals surface area contributed by atoms with Crippen molar-refractivity contribution in [2.75, 3.05) is 0 Å². The number of nitrogens with zero attached hydrogens (tertiary/aromatic N) is 1. The highest BCUT2D eigenvalue weighted by Gasteiger charge is 2.06. The molecule has 0 aliphatic carbocycles. The van der Waals surface area contributed by atoms with Crippen molar-refractivity contribution >= 4 is 31.9 Å². The van der Waals surface area contributed by atoms with Gasteiger partial charge >= 0.3 is 0 Å². The molecule has 0 aliphatic heterocycles. The van der Waals surface area contributed by atoms with Gasteiger partial charge in [-0.1, -0.05) is 34.1 Å². The number of rotatable bonds is 4. The van der Waals surface area contributed by atoms with Gasteiger partial charge in [-0.2, -0.15) is 0 Å². The molecule has 1 aromatic heterocycles. The molecule has 0 saturated carbocycles. The van der Waals surface area contributed by atoms with Gasteiger partial charge in [-0.3, -0.25) is 4.98 Å². The smallest absolute Gasteiger partial charge is 0.130 e. The maximum atomic E-state index is 5.88. The van der Waals surface area contributed by atoms with Crippen molar-refractivity contribution in [3.05, 3.63) is 57.8 Å². The van der Waals surface area contributed by atoms with Crippen LogP contribution in [0.15, 0.2) is 41.0 Å². The van der Waals surface area contributed by atoms with Gasteiger partial charge in [-0.15, -0.1) is 0 Å². The fraction of sp³-hybridized carbons (Fsp3) is 0.214. The van der Waals surface area contributed by atoms with E-state index in [2.05, 4.69) is 55.9 Å². The van der Waals surface area contributed by atoms with E-state index in [-0.39, 0.29) is 0 Å². The Morgan fingerprint density at radius 3 is 2.72 bits per heavy atom. The van der Waals surface area contributed by atoms with Gasteiger partial charge in [0.25, 0.3) is 0 Å². The molecule has 0 amide bonds. The molecule has 0 N–H and O–H groups in total. The lowest BCUT2D eigenvalue weighted by molar-refractivity contribution is 0.297. The van der Waals surface area contributed by atoms with Crippen LogP contribution in [0.25, 0.3) is 0 Å². The second-order valence-electron chi connectivity index (χ2n) is 3.95. The van der Waals surface area contributed by atoms with Crippen LogP contribution in [0.5, 0.6) is 5.75 Å². The summed E-state index contributed by atoms with van der Waals surface area (Å²) in [6, 6.07) is 10.1. The van der Waals surface area contributed by atoms with Crippen LogP contribution in [-0.4, -0.2) is 4.98 Å². The summed E-state index contributed by atoms with van der Waals surface area (Å²) in [6.45, 7) is 2.54. The zero-order valence-electron chi connectivity index (χ0n) is 9.99. The van der Waals surface area contributed by atoms with Gasteiger partial charge in [0.1, 0.15) is 12.4 Å². The molecule has 0 fully saturated rings. The minimum atomic E-state index is 0.484. The predicted molar refractivity (Wildman–Crippen MR) is 80.1 cm³/mol. The summed E-state index contributed by atoms with van der Waals surface area (Å²) in [5, 5.41) is 0.789. The molecular weight excluding hydrogens is 358 g/mol. The van der Waals surface area contributed by atoms with Crippen LogP contribution in [0.1, 0.15) is 16.8 Å². The quantitative estimate of drug-likeness (QED) is 0.732. The van der Waals surface area contributed by atoms with E-state index < -0.39 is 0 Å². The van der Waals surface area contributed by atoms with E-state index in [1.54, 1.807) is 6.20 Å². The van der Waals surface area contributed by atoms with E-state index in [0.717, 1.165) is 32.4 Å². The van der Waals surface area contributed by atoms with E-state index in [4.69, 9.17) is 4.74 Å². The molecule has 4 heteroatoms. The summed E-state index contributed by atoms with van der Waals surface area (Å²) in [7, 11) is 0. The van der Waals surface area contributed by atoms with Crippen molar-refractivity contribution in [2.24, 2.45) is 0 Å². The molecule has 0 bridgehead atoms. The van der Waals surface area contributed by atoms with Gasteiger partial charge < -0.3 is 4.74 Å². The minimum Gasteiger partial charge on any atom is -0.487 e. The number of halogens is 2. The lowest BCUT2D eigenvalue weighted by atomic mass is 10.1. The topological polar surface area (TPSA) is 22.1 Å². The number of aryl methyl sites for hydroxylation is 1. The summed E-state index contributed by atoms with van der Waals surface area (Å²) in [5.41, 5.74) is 3.22. The maximum Gasteiger partial charge on any atom is 0.130 e. The van der Waals surface area contributed by atoms with E-state index in [1.165, 1.54) is 0 Å². The highest BCUT2D eigenvalue weighted by Crippen LogP contribution is 2.26. The van der Waals surface area contributed by atoms with E-state index in [1.807, 2.05) is 18.2 Å². The lowest BCUT2D eigenvalue weighted by Crippen LogP contribution is -2.01. The molecule has 0 spiro atoms. The van der Waals surface area contributed by atoms with Crippen molar-refractivity contribution in [2.45, 2.75) is 18.9 Å². The molecule has 0 aliphatic rings. The predicted octanol–water partition coefficient (Wildman–Crippen LogP) is 4.63. The second-order valence-corrected chi connectivity index (χ2v) is 5.43. The van der Waals surface area contributed by atoms with Gasteiger partial charge in [0, 0.05) is 21.6 Å². The minimum absolute atomic E-state index is 0.484. The number of hydrogen-bond acceptors (Lipinski definition) is 2. The van der Waals surface area contributed by atoms with Crippen molar-refractivity contribution in [3.63, 3.8) is 0 Å². The SMILES string of the molecule is Cc1cccc(CBr)c1OCc1ccc(Br)cn1. The number of aromatic nitrogens is 1. The lowest BCUT2D eigenvalue weighted by Gasteiger charge is -2.12. The first-order valence-electron chi connectivity index (χ1n) is 5.58. The van der Waals surface area contributed by atoms with Crippen LogP contribution in [0.4, 0.5) is 0 Å². The first kappa shape index (κ1) is 13.6. The molecule has 0 radical (unpaired) electrons. The molecule has 2 nitrogen and oxygen atoms in total. The van der Waals surface area contributed by atoms with Gasteiger partial charge in [-0.05, 0) is 40.5 Å². The van der Waals surface area contributed by atoms with Crippen LogP contribution in [0.2, 0.25) is 0 Å². The molecule has 2 aromatic rings.